The van der Waals surface area contributed by atoms with Crippen molar-refractivity contribution in [2.75, 3.05) is 31.5 Å². The molecule has 0 bridgehead atoms. The third kappa shape index (κ3) is 5.70. The fourth-order valence-corrected chi connectivity index (χ4v) is 3.67. The smallest absolute Gasteiger partial charge is 0.262 e. The van der Waals surface area contributed by atoms with E-state index < -0.39 is 0 Å². The molecule has 4 aromatic rings. The van der Waals surface area contributed by atoms with Gasteiger partial charge in [-0.3, -0.25) is 9.59 Å². The van der Waals surface area contributed by atoms with E-state index in [1.165, 1.54) is 0 Å². The lowest BCUT2D eigenvalue weighted by Gasteiger charge is -2.15. The summed E-state index contributed by atoms with van der Waals surface area (Å²) in [5, 5.41) is 7.44. The summed E-state index contributed by atoms with van der Waals surface area (Å²) >= 11 is 0. The Morgan fingerprint density at radius 1 is 0.771 bits per heavy atom. The summed E-state index contributed by atoms with van der Waals surface area (Å²) in [4.78, 5) is 25.9. The largest absolute Gasteiger partial charge is 0.497 e. The highest BCUT2D eigenvalue weighted by atomic mass is 16.5. The molecule has 7 heteroatoms. The summed E-state index contributed by atoms with van der Waals surface area (Å²) in [5.74, 6) is 0.739. The minimum absolute atomic E-state index is 0.274. The van der Waals surface area contributed by atoms with Crippen LogP contribution >= 0.6 is 0 Å². The lowest BCUT2D eigenvalue weighted by Crippen LogP contribution is -2.21. The summed E-state index contributed by atoms with van der Waals surface area (Å²) in [5.41, 5.74) is 2.42. The zero-order valence-electron chi connectivity index (χ0n) is 19.8. The number of hydrogen-bond donors (Lipinski definition) is 2. The standard InChI is InChI=1S/C28H26N2O5/c1-18-11-12-25(34-3)24(13-18)30-28(32)23-14-19-7-4-5-8-20(19)15-26(23)35-17-27(31)29-21-9-6-10-22(16-21)33-2/h4-16H,17H2,1-3H3,(H,29,31)(H,30,32). The van der Waals surface area contributed by atoms with E-state index in [9.17, 15) is 9.59 Å². The molecule has 0 saturated carbocycles. The molecule has 0 atom stereocenters. The van der Waals surface area contributed by atoms with E-state index in [-0.39, 0.29) is 18.4 Å². The van der Waals surface area contributed by atoms with Gasteiger partial charge in [-0.25, -0.2) is 0 Å². The first-order valence-corrected chi connectivity index (χ1v) is 11.0. The Morgan fingerprint density at radius 3 is 2.29 bits per heavy atom. The van der Waals surface area contributed by atoms with Crippen LogP contribution in [-0.4, -0.2) is 32.6 Å². The van der Waals surface area contributed by atoms with Crippen LogP contribution in [0.2, 0.25) is 0 Å². The summed E-state index contributed by atoms with van der Waals surface area (Å²) in [6.07, 6.45) is 0. The number of methoxy groups -OCH3 is 2. The van der Waals surface area contributed by atoms with E-state index in [1.54, 1.807) is 56.7 Å². The molecule has 4 rings (SSSR count). The summed E-state index contributed by atoms with van der Waals surface area (Å²) in [6.45, 7) is 1.66. The number of nitrogens with one attached hydrogen (secondary N) is 2. The first kappa shape index (κ1) is 23.6. The number of carbonyl (C=O) groups excluding carboxylic acids is 2. The van der Waals surface area contributed by atoms with Crippen molar-refractivity contribution in [3.05, 3.63) is 90.0 Å². The van der Waals surface area contributed by atoms with Gasteiger partial charge in [0.15, 0.2) is 6.61 Å². The minimum Gasteiger partial charge on any atom is -0.497 e. The molecular weight excluding hydrogens is 444 g/mol. The number of benzene rings is 4. The van der Waals surface area contributed by atoms with E-state index in [0.29, 0.717) is 34.2 Å². The Hall–Kier alpha value is -4.52. The molecule has 0 saturated heterocycles. The molecule has 0 fully saturated rings. The average molecular weight is 471 g/mol. The molecule has 7 nitrogen and oxygen atoms in total. The van der Waals surface area contributed by atoms with E-state index >= 15 is 0 Å². The molecule has 0 aliphatic rings. The van der Waals surface area contributed by atoms with Gasteiger partial charge in [-0.2, -0.15) is 0 Å². The number of aryl methyl sites for hydroxylation is 1. The monoisotopic (exact) mass is 470 g/mol. The van der Waals surface area contributed by atoms with Gasteiger partial charge in [-0.1, -0.05) is 36.4 Å². The maximum absolute atomic E-state index is 13.3. The van der Waals surface area contributed by atoms with Gasteiger partial charge >= 0.3 is 0 Å². The zero-order chi connectivity index (χ0) is 24.8. The van der Waals surface area contributed by atoms with Crippen LogP contribution in [0.25, 0.3) is 10.8 Å². The van der Waals surface area contributed by atoms with E-state index in [4.69, 9.17) is 14.2 Å². The number of rotatable bonds is 8. The van der Waals surface area contributed by atoms with Gasteiger partial charge in [-0.15, -0.1) is 0 Å². The van der Waals surface area contributed by atoms with Crippen LogP contribution in [-0.2, 0) is 4.79 Å². The van der Waals surface area contributed by atoms with Crippen LogP contribution in [0.1, 0.15) is 15.9 Å². The molecular formula is C28H26N2O5. The van der Waals surface area contributed by atoms with Crippen LogP contribution in [0.3, 0.4) is 0 Å². The molecule has 0 radical (unpaired) electrons. The topological polar surface area (TPSA) is 85.9 Å². The lowest BCUT2D eigenvalue weighted by molar-refractivity contribution is -0.118. The molecule has 0 spiro atoms. The number of amides is 2. The molecule has 0 aliphatic heterocycles. The number of ether oxygens (including phenoxy) is 3. The fraction of sp³-hybridized carbons (Fsp3) is 0.143. The predicted octanol–water partition coefficient (Wildman–Crippen LogP) is 5.44. The minimum atomic E-state index is -0.372. The molecule has 178 valence electrons. The molecule has 0 heterocycles. The summed E-state index contributed by atoms with van der Waals surface area (Å²) in [6, 6.07) is 23.7. The first-order chi connectivity index (χ1) is 17.0. The zero-order valence-corrected chi connectivity index (χ0v) is 19.8. The van der Waals surface area contributed by atoms with Crippen LogP contribution in [0.15, 0.2) is 78.9 Å². The quantitative estimate of drug-likeness (QED) is 0.358. The highest BCUT2D eigenvalue weighted by Gasteiger charge is 2.17. The van der Waals surface area contributed by atoms with E-state index in [0.717, 1.165) is 16.3 Å². The van der Waals surface area contributed by atoms with E-state index in [2.05, 4.69) is 10.6 Å². The lowest BCUT2D eigenvalue weighted by atomic mass is 10.0. The number of hydrogen-bond acceptors (Lipinski definition) is 5. The summed E-state index contributed by atoms with van der Waals surface area (Å²) in [7, 11) is 3.11. The highest BCUT2D eigenvalue weighted by Crippen LogP contribution is 2.30. The normalized spacial score (nSPS) is 10.5. The molecule has 2 amide bonds. The van der Waals surface area contributed by atoms with Gasteiger partial charge in [0.25, 0.3) is 11.8 Å². The van der Waals surface area contributed by atoms with Crippen LogP contribution in [0.4, 0.5) is 11.4 Å². The molecule has 0 unspecified atom stereocenters. The third-order valence-corrected chi connectivity index (χ3v) is 5.41. The highest BCUT2D eigenvalue weighted by molar-refractivity contribution is 6.09. The van der Waals surface area contributed by atoms with Gasteiger partial charge in [0.1, 0.15) is 17.2 Å². The maximum atomic E-state index is 13.3. The Morgan fingerprint density at radius 2 is 1.54 bits per heavy atom. The Kier molecular flexibility index (Phi) is 7.16. The van der Waals surface area contributed by atoms with Gasteiger partial charge in [0.05, 0.1) is 25.5 Å². The molecule has 0 aliphatic carbocycles. The van der Waals surface area contributed by atoms with Crippen molar-refractivity contribution in [1.29, 1.82) is 0 Å². The van der Waals surface area contributed by atoms with Crippen molar-refractivity contribution in [2.24, 2.45) is 0 Å². The van der Waals surface area contributed by atoms with Gasteiger partial charge in [-0.05, 0) is 59.7 Å². The van der Waals surface area contributed by atoms with Gasteiger partial charge in [0, 0.05) is 11.8 Å². The van der Waals surface area contributed by atoms with Crippen molar-refractivity contribution in [3.8, 4) is 17.2 Å². The fourth-order valence-electron chi connectivity index (χ4n) is 3.67. The van der Waals surface area contributed by atoms with E-state index in [1.807, 2.05) is 43.3 Å². The van der Waals surface area contributed by atoms with Crippen molar-refractivity contribution in [1.82, 2.24) is 0 Å². The second kappa shape index (κ2) is 10.6. The second-order valence-corrected chi connectivity index (χ2v) is 7.92. The first-order valence-electron chi connectivity index (χ1n) is 11.0. The SMILES string of the molecule is COc1cccc(NC(=O)COc2cc3ccccc3cc2C(=O)Nc2cc(C)ccc2OC)c1. The summed E-state index contributed by atoms with van der Waals surface area (Å²) < 4.78 is 16.4. The Bertz CT molecular complexity index is 1380. The second-order valence-electron chi connectivity index (χ2n) is 7.92. The molecule has 35 heavy (non-hydrogen) atoms. The van der Waals surface area contributed by atoms with Gasteiger partial charge < -0.3 is 24.8 Å². The number of fused-ring (bicyclic) bond motifs is 1. The molecule has 2 N–H and O–H groups in total. The van der Waals surface area contributed by atoms with Crippen molar-refractivity contribution in [2.45, 2.75) is 6.92 Å². The Balaban J connectivity index is 1.58. The molecule has 4 aromatic carbocycles. The van der Waals surface area contributed by atoms with Crippen molar-refractivity contribution in [3.63, 3.8) is 0 Å². The average Bonchev–Trinajstić information content (AvgIpc) is 2.87. The molecule has 0 aromatic heterocycles. The van der Waals surface area contributed by atoms with Crippen LogP contribution in [0.5, 0.6) is 17.2 Å². The van der Waals surface area contributed by atoms with Crippen LogP contribution in [0, 0.1) is 6.92 Å². The number of carbonyl (C=O) groups is 2. The number of anilines is 2. The van der Waals surface area contributed by atoms with Crippen LogP contribution < -0.4 is 24.8 Å². The van der Waals surface area contributed by atoms with Crippen molar-refractivity contribution < 1.29 is 23.8 Å². The predicted molar refractivity (Wildman–Crippen MR) is 137 cm³/mol. The Labute approximate surface area is 203 Å². The van der Waals surface area contributed by atoms with Crippen molar-refractivity contribution >= 4 is 34.0 Å². The maximum Gasteiger partial charge on any atom is 0.262 e. The van der Waals surface area contributed by atoms with Gasteiger partial charge in [0.2, 0.25) is 0 Å². The third-order valence-electron chi connectivity index (χ3n) is 5.41.